The Balaban J connectivity index is 1.48. The molecule has 11 heteroatoms. The average molecular weight is 518 g/mol. The van der Waals surface area contributed by atoms with E-state index in [1.54, 1.807) is 43.3 Å². The predicted octanol–water partition coefficient (Wildman–Crippen LogP) is 4.05. The van der Waals surface area contributed by atoms with Crippen molar-refractivity contribution in [3.8, 4) is 0 Å². The fourth-order valence-corrected chi connectivity index (χ4v) is 5.64. The molecule has 1 atom stereocenters. The lowest BCUT2D eigenvalue weighted by Crippen LogP contribution is -2.42. The largest absolute Gasteiger partial charge is 0.296 e. The second-order valence-corrected chi connectivity index (χ2v) is 10.1. The summed E-state index contributed by atoms with van der Waals surface area (Å²) in [5, 5.41) is 14.4. The smallest absolute Gasteiger partial charge is 0.241 e. The molecular weight excluding hydrogens is 497 g/mol. The van der Waals surface area contributed by atoms with Crippen LogP contribution < -0.4 is 4.72 Å². The number of ketones is 1. The molecule has 0 amide bonds. The maximum absolute atomic E-state index is 13.1. The van der Waals surface area contributed by atoms with Gasteiger partial charge in [0.05, 0.1) is 10.9 Å². The number of nitrogens with one attached hydrogen (secondary N) is 1. The van der Waals surface area contributed by atoms with Crippen molar-refractivity contribution in [1.82, 2.24) is 24.9 Å². The number of fused-ring (bicyclic) bond motifs is 1. The second-order valence-electron chi connectivity index (χ2n) is 7.64. The van der Waals surface area contributed by atoms with E-state index in [1.165, 1.54) is 6.07 Å². The summed E-state index contributed by atoms with van der Waals surface area (Å²) < 4.78 is 28.7. The van der Waals surface area contributed by atoms with Crippen molar-refractivity contribution in [3.05, 3.63) is 82.1 Å². The van der Waals surface area contributed by atoms with E-state index in [-0.39, 0.29) is 30.1 Å². The highest BCUT2D eigenvalue weighted by Crippen LogP contribution is 2.26. The fourth-order valence-electron chi connectivity index (χ4n) is 3.58. The quantitative estimate of drug-likeness (QED) is 0.358. The zero-order valence-electron chi connectivity index (χ0n) is 18.1. The molecule has 1 N–H and O–H groups in total. The molecule has 8 nitrogen and oxygen atoms in total. The number of halogens is 2. The molecule has 34 heavy (non-hydrogen) atoms. The SMILES string of the molecule is CCC(NS(=O)(=O)c1cccc2ccccc12)C(=O)Cn1nnc(Cc2c(Cl)cccc2Cl)n1. The summed E-state index contributed by atoms with van der Waals surface area (Å²) in [4.78, 5) is 14.2. The highest BCUT2D eigenvalue weighted by Gasteiger charge is 2.26. The van der Waals surface area contributed by atoms with Crippen molar-refractivity contribution in [2.45, 2.75) is 37.2 Å². The molecule has 0 aliphatic carbocycles. The summed E-state index contributed by atoms with van der Waals surface area (Å²) in [6, 6.07) is 16.4. The molecule has 4 aromatic rings. The van der Waals surface area contributed by atoms with Crippen LogP contribution >= 0.6 is 23.2 Å². The molecule has 0 saturated heterocycles. The van der Waals surface area contributed by atoms with E-state index in [9.17, 15) is 13.2 Å². The number of tetrazole rings is 1. The van der Waals surface area contributed by atoms with Crippen LogP contribution in [0.15, 0.2) is 65.6 Å². The lowest BCUT2D eigenvalue weighted by atomic mass is 10.1. The number of carbonyl (C=O) groups excluding carboxylic acids is 1. The normalized spacial score (nSPS) is 12.7. The van der Waals surface area contributed by atoms with Crippen LogP contribution in [-0.2, 0) is 27.8 Å². The van der Waals surface area contributed by atoms with Crippen molar-refractivity contribution in [3.63, 3.8) is 0 Å². The van der Waals surface area contributed by atoms with Crippen LogP contribution in [0, 0.1) is 0 Å². The summed E-state index contributed by atoms with van der Waals surface area (Å²) in [5.41, 5.74) is 0.658. The van der Waals surface area contributed by atoms with Crippen LogP contribution in [0.1, 0.15) is 24.7 Å². The van der Waals surface area contributed by atoms with Gasteiger partial charge in [-0.05, 0) is 40.8 Å². The minimum absolute atomic E-state index is 0.120. The lowest BCUT2D eigenvalue weighted by molar-refractivity contribution is -0.121. The second kappa shape index (κ2) is 10.2. The molecule has 4 rings (SSSR count). The van der Waals surface area contributed by atoms with Crippen molar-refractivity contribution in [2.75, 3.05) is 0 Å². The van der Waals surface area contributed by atoms with E-state index < -0.39 is 16.1 Å². The number of benzene rings is 3. The molecule has 0 bridgehead atoms. The van der Waals surface area contributed by atoms with Gasteiger partial charge in [-0.15, -0.1) is 10.2 Å². The zero-order chi connectivity index (χ0) is 24.3. The number of aromatic nitrogens is 4. The van der Waals surface area contributed by atoms with Gasteiger partial charge in [-0.3, -0.25) is 4.79 Å². The Bertz CT molecular complexity index is 1430. The van der Waals surface area contributed by atoms with Gasteiger partial charge in [0.25, 0.3) is 0 Å². The molecule has 0 spiro atoms. The third-order valence-electron chi connectivity index (χ3n) is 5.32. The molecule has 0 saturated carbocycles. The number of sulfonamides is 1. The number of hydrogen-bond acceptors (Lipinski definition) is 6. The first kappa shape index (κ1) is 24.3. The predicted molar refractivity (Wildman–Crippen MR) is 130 cm³/mol. The van der Waals surface area contributed by atoms with Gasteiger partial charge < -0.3 is 0 Å². The number of carbonyl (C=O) groups is 1. The maximum Gasteiger partial charge on any atom is 0.241 e. The standard InChI is InChI=1S/C23H21Cl2N5O3S/c1-2-20(28-34(32,33)22-12-5-8-15-7-3-4-9-16(15)22)21(31)14-30-27-23(26-29-30)13-17-18(24)10-6-11-19(17)25/h3-12,20,28H,2,13-14H2,1H3. The lowest BCUT2D eigenvalue weighted by Gasteiger charge is -2.16. The van der Waals surface area contributed by atoms with Crippen molar-refractivity contribution in [1.29, 1.82) is 0 Å². The van der Waals surface area contributed by atoms with Gasteiger partial charge in [0.15, 0.2) is 11.6 Å². The zero-order valence-corrected chi connectivity index (χ0v) is 20.5. The highest BCUT2D eigenvalue weighted by molar-refractivity contribution is 7.89. The minimum atomic E-state index is -3.95. The van der Waals surface area contributed by atoms with E-state index in [0.717, 1.165) is 10.2 Å². The van der Waals surface area contributed by atoms with Gasteiger partial charge in [0.1, 0.15) is 6.54 Å². The Labute approximate surface area is 206 Å². The Hall–Kier alpha value is -2.85. The Morgan fingerprint density at radius 1 is 1.03 bits per heavy atom. The van der Waals surface area contributed by atoms with Gasteiger partial charge in [0.2, 0.25) is 10.0 Å². The molecule has 0 aliphatic rings. The molecule has 0 fully saturated rings. The Kier molecular flexibility index (Phi) is 7.27. The molecule has 3 aromatic carbocycles. The van der Waals surface area contributed by atoms with Crippen LogP contribution in [0.5, 0.6) is 0 Å². The molecular formula is C23H21Cl2N5O3S. The van der Waals surface area contributed by atoms with Crippen LogP contribution in [0.2, 0.25) is 10.0 Å². The van der Waals surface area contributed by atoms with Gasteiger partial charge in [0, 0.05) is 21.9 Å². The monoisotopic (exact) mass is 517 g/mol. The van der Waals surface area contributed by atoms with E-state index in [0.29, 0.717) is 26.8 Å². The molecule has 1 unspecified atom stereocenters. The first-order valence-corrected chi connectivity index (χ1v) is 12.7. The Morgan fingerprint density at radius 2 is 1.71 bits per heavy atom. The van der Waals surface area contributed by atoms with Gasteiger partial charge in [-0.1, -0.05) is 72.6 Å². The Morgan fingerprint density at radius 3 is 2.44 bits per heavy atom. The van der Waals surface area contributed by atoms with Gasteiger partial charge >= 0.3 is 0 Å². The van der Waals surface area contributed by atoms with Crippen molar-refractivity contribution in [2.24, 2.45) is 0 Å². The van der Waals surface area contributed by atoms with Crippen molar-refractivity contribution < 1.29 is 13.2 Å². The van der Waals surface area contributed by atoms with E-state index in [2.05, 4.69) is 20.1 Å². The summed E-state index contributed by atoms with van der Waals surface area (Å²) in [6.45, 7) is 1.49. The number of nitrogens with zero attached hydrogens (tertiary/aromatic N) is 4. The van der Waals surface area contributed by atoms with Crippen LogP contribution in [0.25, 0.3) is 10.8 Å². The summed E-state index contributed by atoms with van der Waals surface area (Å²) >= 11 is 12.4. The van der Waals surface area contributed by atoms with Crippen LogP contribution in [-0.4, -0.2) is 40.5 Å². The van der Waals surface area contributed by atoms with E-state index >= 15 is 0 Å². The summed E-state index contributed by atoms with van der Waals surface area (Å²) in [7, 11) is -3.95. The average Bonchev–Trinajstić information content (AvgIpc) is 3.26. The van der Waals surface area contributed by atoms with E-state index in [1.807, 2.05) is 18.2 Å². The third-order valence-corrected chi connectivity index (χ3v) is 7.56. The fraction of sp³-hybridized carbons (Fsp3) is 0.217. The van der Waals surface area contributed by atoms with Crippen molar-refractivity contribution >= 4 is 49.8 Å². The molecule has 1 heterocycles. The summed E-state index contributed by atoms with van der Waals surface area (Å²) in [5.74, 6) is -0.0433. The maximum atomic E-state index is 13.1. The van der Waals surface area contributed by atoms with Gasteiger partial charge in [-0.25, -0.2) is 13.1 Å². The molecule has 0 radical (unpaired) electrons. The summed E-state index contributed by atoms with van der Waals surface area (Å²) in [6.07, 6.45) is 0.511. The first-order valence-electron chi connectivity index (χ1n) is 10.5. The number of rotatable bonds is 9. The third kappa shape index (κ3) is 5.28. The number of Topliss-reactive ketones (excluding diaryl/α,β-unsaturated/α-hetero) is 1. The highest BCUT2D eigenvalue weighted by atomic mass is 35.5. The van der Waals surface area contributed by atoms with Gasteiger partial charge in [-0.2, -0.15) is 4.80 Å². The van der Waals surface area contributed by atoms with Crippen LogP contribution in [0.4, 0.5) is 0 Å². The molecule has 0 aliphatic heterocycles. The first-order chi connectivity index (χ1) is 16.3. The number of hydrogen-bond donors (Lipinski definition) is 1. The minimum Gasteiger partial charge on any atom is -0.296 e. The topological polar surface area (TPSA) is 107 Å². The van der Waals surface area contributed by atoms with Crippen LogP contribution in [0.3, 0.4) is 0 Å². The molecule has 176 valence electrons. The van der Waals surface area contributed by atoms with E-state index in [4.69, 9.17) is 23.2 Å². The molecule has 1 aromatic heterocycles.